The van der Waals surface area contributed by atoms with E-state index in [0.29, 0.717) is 0 Å². The summed E-state index contributed by atoms with van der Waals surface area (Å²) in [6.07, 6.45) is 2.66. The number of hydrogen-bond acceptors (Lipinski definition) is 3. The van der Waals surface area contributed by atoms with Crippen molar-refractivity contribution in [3.05, 3.63) is 16.4 Å². The molecule has 4 nitrogen and oxygen atoms in total. The van der Waals surface area contributed by atoms with Crippen LogP contribution in [-0.2, 0) is 11.8 Å². The van der Waals surface area contributed by atoms with Gasteiger partial charge in [-0.05, 0) is 22.4 Å². The van der Waals surface area contributed by atoms with Crippen molar-refractivity contribution in [2.45, 2.75) is 25.5 Å². The van der Waals surface area contributed by atoms with Gasteiger partial charge in [-0.15, -0.1) is 0 Å². The first-order chi connectivity index (χ1) is 6.61. The Hall–Kier alpha value is -0.390. The molecule has 0 bridgehead atoms. The third-order valence-corrected chi connectivity index (χ3v) is 2.97. The molecule has 0 spiro atoms. The van der Waals surface area contributed by atoms with E-state index >= 15 is 0 Å². The summed E-state index contributed by atoms with van der Waals surface area (Å²) >= 11 is 3.43. The fraction of sp³-hybridized carbons (Fsp3) is 0.667. The minimum atomic E-state index is -0.146. The van der Waals surface area contributed by atoms with E-state index in [4.69, 9.17) is 10.5 Å². The summed E-state index contributed by atoms with van der Waals surface area (Å²) in [6, 6.07) is -0.146. The van der Waals surface area contributed by atoms with Crippen molar-refractivity contribution in [1.29, 1.82) is 0 Å². The van der Waals surface area contributed by atoms with Crippen LogP contribution in [0.1, 0.15) is 25.1 Å². The predicted molar refractivity (Wildman–Crippen MR) is 58.9 cm³/mol. The molecule has 1 heterocycles. The molecular formula is C9H16BrN3O. The highest BCUT2D eigenvalue weighted by molar-refractivity contribution is 9.10. The second kappa shape index (κ2) is 4.91. The Bertz CT molecular complexity index is 277. The van der Waals surface area contributed by atoms with Gasteiger partial charge in [0.05, 0.1) is 28.5 Å². The van der Waals surface area contributed by atoms with Crippen LogP contribution in [-0.4, -0.2) is 23.0 Å². The zero-order valence-electron chi connectivity index (χ0n) is 8.70. The molecule has 0 saturated heterocycles. The number of ether oxygens (including phenoxy) is 1. The Morgan fingerprint density at radius 1 is 1.71 bits per heavy atom. The Kier molecular flexibility index (Phi) is 4.10. The molecule has 14 heavy (non-hydrogen) atoms. The molecule has 0 radical (unpaired) electrons. The van der Waals surface area contributed by atoms with E-state index in [0.717, 1.165) is 16.6 Å². The van der Waals surface area contributed by atoms with Crippen molar-refractivity contribution >= 4 is 15.9 Å². The number of aryl methyl sites for hydroxylation is 1. The van der Waals surface area contributed by atoms with Crippen molar-refractivity contribution in [3.63, 3.8) is 0 Å². The molecule has 1 aromatic heterocycles. The van der Waals surface area contributed by atoms with E-state index in [1.54, 1.807) is 18.0 Å². The molecule has 0 aliphatic carbocycles. The summed E-state index contributed by atoms with van der Waals surface area (Å²) in [7, 11) is 3.56. The van der Waals surface area contributed by atoms with Gasteiger partial charge >= 0.3 is 0 Å². The largest absolute Gasteiger partial charge is 0.379 e. The van der Waals surface area contributed by atoms with Gasteiger partial charge in [0.1, 0.15) is 0 Å². The molecule has 2 N–H and O–H groups in total. The minimum Gasteiger partial charge on any atom is -0.379 e. The maximum Gasteiger partial charge on any atom is 0.0776 e. The number of nitrogens with zero attached hydrogens (tertiary/aromatic N) is 2. The maximum absolute atomic E-state index is 6.09. The van der Waals surface area contributed by atoms with Crippen LogP contribution in [0.2, 0.25) is 0 Å². The van der Waals surface area contributed by atoms with Crippen LogP contribution >= 0.6 is 15.9 Å². The Balaban J connectivity index is 2.92. The van der Waals surface area contributed by atoms with Gasteiger partial charge < -0.3 is 10.5 Å². The Morgan fingerprint density at radius 2 is 2.36 bits per heavy atom. The number of methoxy groups -OCH3 is 1. The highest BCUT2D eigenvalue weighted by Gasteiger charge is 2.22. The quantitative estimate of drug-likeness (QED) is 0.896. The fourth-order valence-corrected chi connectivity index (χ4v) is 2.15. The van der Waals surface area contributed by atoms with Crippen LogP contribution in [0.3, 0.4) is 0 Å². The zero-order chi connectivity index (χ0) is 10.7. The molecule has 2 unspecified atom stereocenters. The van der Waals surface area contributed by atoms with Crippen LogP contribution in [0, 0.1) is 0 Å². The lowest BCUT2D eigenvalue weighted by Crippen LogP contribution is -2.29. The van der Waals surface area contributed by atoms with Crippen LogP contribution in [0.15, 0.2) is 10.7 Å². The van der Waals surface area contributed by atoms with E-state index in [9.17, 15) is 0 Å². The first-order valence-corrected chi connectivity index (χ1v) is 5.36. The molecular weight excluding hydrogens is 246 g/mol. The number of halogens is 1. The van der Waals surface area contributed by atoms with Gasteiger partial charge in [0.15, 0.2) is 0 Å². The first kappa shape index (κ1) is 11.7. The second-order valence-corrected chi connectivity index (χ2v) is 4.06. The van der Waals surface area contributed by atoms with Crippen molar-refractivity contribution in [2.75, 3.05) is 7.11 Å². The van der Waals surface area contributed by atoms with E-state index in [2.05, 4.69) is 28.0 Å². The lowest BCUT2D eigenvalue weighted by Gasteiger charge is -2.21. The first-order valence-electron chi connectivity index (χ1n) is 4.57. The summed E-state index contributed by atoms with van der Waals surface area (Å²) in [6.45, 7) is 2.05. The third-order valence-electron chi connectivity index (χ3n) is 2.36. The summed E-state index contributed by atoms with van der Waals surface area (Å²) in [5.41, 5.74) is 7.06. The number of aromatic nitrogens is 2. The average Bonchev–Trinajstić information content (AvgIpc) is 2.48. The fourth-order valence-electron chi connectivity index (χ4n) is 1.54. The number of rotatable bonds is 4. The van der Waals surface area contributed by atoms with Gasteiger partial charge in [-0.25, -0.2) is 0 Å². The number of hydrogen-bond donors (Lipinski definition) is 1. The normalized spacial score (nSPS) is 15.5. The van der Waals surface area contributed by atoms with Crippen LogP contribution < -0.4 is 5.73 Å². The summed E-state index contributed by atoms with van der Waals surface area (Å²) in [4.78, 5) is 0. The van der Waals surface area contributed by atoms with Crippen molar-refractivity contribution in [2.24, 2.45) is 12.8 Å². The SMILES string of the molecule is CCC(OC)C(N)c1c(Br)cnn1C. The highest BCUT2D eigenvalue weighted by atomic mass is 79.9. The molecule has 0 fully saturated rings. The molecule has 0 saturated carbocycles. The second-order valence-electron chi connectivity index (χ2n) is 3.21. The average molecular weight is 262 g/mol. The maximum atomic E-state index is 6.09. The van der Waals surface area contributed by atoms with Crippen LogP contribution in [0.25, 0.3) is 0 Å². The highest BCUT2D eigenvalue weighted by Crippen LogP contribution is 2.25. The molecule has 0 aliphatic heterocycles. The Labute approximate surface area is 92.5 Å². The third kappa shape index (κ3) is 2.16. The predicted octanol–water partition coefficient (Wildman–Crippen LogP) is 1.61. The van der Waals surface area contributed by atoms with E-state index < -0.39 is 0 Å². The molecule has 0 aliphatic rings. The van der Waals surface area contributed by atoms with Gasteiger partial charge in [0.25, 0.3) is 0 Å². The zero-order valence-corrected chi connectivity index (χ0v) is 10.3. The van der Waals surface area contributed by atoms with Crippen LogP contribution in [0.5, 0.6) is 0 Å². The number of nitrogens with two attached hydrogens (primary N) is 1. The van der Waals surface area contributed by atoms with Crippen LogP contribution in [0.4, 0.5) is 0 Å². The topological polar surface area (TPSA) is 53.1 Å². The molecule has 80 valence electrons. The van der Waals surface area contributed by atoms with E-state index in [1.165, 1.54) is 0 Å². The monoisotopic (exact) mass is 261 g/mol. The van der Waals surface area contributed by atoms with Gasteiger partial charge in [-0.2, -0.15) is 5.10 Å². The van der Waals surface area contributed by atoms with E-state index in [-0.39, 0.29) is 12.1 Å². The summed E-state index contributed by atoms with van der Waals surface area (Å²) < 4.78 is 8.02. The van der Waals surface area contributed by atoms with Crippen molar-refractivity contribution < 1.29 is 4.74 Å². The lowest BCUT2D eigenvalue weighted by atomic mass is 10.1. The molecule has 1 rings (SSSR count). The van der Waals surface area contributed by atoms with Crippen molar-refractivity contribution in [1.82, 2.24) is 9.78 Å². The van der Waals surface area contributed by atoms with E-state index in [1.807, 2.05) is 7.05 Å². The minimum absolute atomic E-state index is 0.0294. The molecule has 0 amide bonds. The molecule has 5 heteroatoms. The van der Waals surface area contributed by atoms with Gasteiger partial charge in [0.2, 0.25) is 0 Å². The van der Waals surface area contributed by atoms with Gasteiger partial charge in [0, 0.05) is 14.2 Å². The van der Waals surface area contributed by atoms with Gasteiger partial charge in [-0.1, -0.05) is 6.92 Å². The Morgan fingerprint density at radius 3 is 2.71 bits per heavy atom. The van der Waals surface area contributed by atoms with Gasteiger partial charge in [-0.3, -0.25) is 4.68 Å². The lowest BCUT2D eigenvalue weighted by molar-refractivity contribution is 0.0747. The summed E-state index contributed by atoms with van der Waals surface area (Å²) in [5.74, 6) is 0. The standard InChI is InChI=1S/C9H16BrN3O/c1-4-7(14-3)8(11)9-6(10)5-12-13(9)2/h5,7-8H,4,11H2,1-3H3. The summed E-state index contributed by atoms with van der Waals surface area (Å²) in [5, 5.41) is 4.12. The smallest absolute Gasteiger partial charge is 0.0776 e. The van der Waals surface area contributed by atoms with Crippen molar-refractivity contribution in [3.8, 4) is 0 Å². The molecule has 0 aromatic carbocycles. The molecule has 1 aromatic rings. The molecule has 2 atom stereocenters.